The summed E-state index contributed by atoms with van der Waals surface area (Å²) in [5, 5.41) is 10.7. The fraction of sp³-hybridized carbons (Fsp3) is 0.211. The number of amides is 2. The summed E-state index contributed by atoms with van der Waals surface area (Å²) in [5.41, 5.74) is 0.722. The predicted molar refractivity (Wildman–Crippen MR) is 90.7 cm³/mol. The molecule has 26 heavy (non-hydrogen) atoms. The Labute approximate surface area is 149 Å². The van der Waals surface area contributed by atoms with Crippen LogP contribution in [0.5, 0.6) is 5.75 Å². The fourth-order valence-corrected chi connectivity index (χ4v) is 2.94. The number of nitrogens with zero attached hydrogens (tertiary/aromatic N) is 1. The minimum absolute atomic E-state index is 0.188. The number of ether oxygens (including phenoxy) is 2. The van der Waals surface area contributed by atoms with Crippen LogP contribution in [0, 0.1) is 0 Å². The summed E-state index contributed by atoms with van der Waals surface area (Å²) in [6.07, 6.45) is -1.45. The summed E-state index contributed by atoms with van der Waals surface area (Å²) in [4.78, 5) is 38.4. The zero-order chi connectivity index (χ0) is 18.8. The van der Waals surface area contributed by atoms with E-state index >= 15 is 0 Å². The third kappa shape index (κ3) is 2.82. The van der Waals surface area contributed by atoms with Gasteiger partial charge in [-0.15, -0.1) is 0 Å². The predicted octanol–water partition coefficient (Wildman–Crippen LogP) is 1.57. The maximum Gasteiger partial charge on any atom is 0.332 e. The highest BCUT2D eigenvalue weighted by atomic mass is 16.5. The van der Waals surface area contributed by atoms with Crippen molar-refractivity contribution >= 4 is 17.8 Å². The van der Waals surface area contributed by atoms with Crippen molar-refractivity contribution < 1.29 is 29.0 Å². The summed E-state index contributed by atoms with van der Waals surface area (Å²) in [7, 11) is 2.63. The molecular weight excluding hydrogens is 338 g/mol. The highest BCUT2D eigenvalue weighted by Crippen LogP contribution is 2.31. The average molecular weight is 355 g/mol. The van der Waals surface area contributed by atoms with Crippen molar-refractivity contribution in [2.45, 2.75) is 12.1 Å². The van der Waals surface area contributed by atoms with Crippen molar-refractivity contribution in [3.05, 3.63) is 65.2 Å². The van der Waals surface area contributed by atoms with Crippen molar-refractivity contribution in [1.82, 2.24) is 4.90 Å². The highest BCUT2D eigenvalue weighted by Gasteiger charge is 2.46. The van der Waals surface area contributed by atoms with Crippen LogP contribution in [-0.2, 0) is 9.53 Å². The molecule has 0 spiro atoms. The van der Waals surface area contributed by atoms with Gasteiger partial charge in [0, 0.05) is 0 Å². The molecule has 7 heteroatoms. The molecule has 0 bridgehead atoms. The summed E-state index contributed by atoms with van der Waals surface area (Å²) < 4.78 is 9.80. The van der Waals surface area contributed by atoms with E-state index in [1.165, 1.54) is 19.2 Å². The number of aliphatic hydroxyl groups excluding tert-OH is 1. The van der Waals surface area contributed by atoms with Crippen molar-refractivity contribution in [2.24, 2.45) is 0 Å². The number of rotatable bonds is 5. The normalized spacial score (nSPS) is 15.4. The second kappa shape index (κ2) is 6.97. The monoisotopic (exact) mass is 355 g/mol. The first kappa shape index (κ1) is 17.6. The Morgan fingerprint density at radius 3 is 1.96 bits per heavy atom. The maximum absolute atomic E-state index is 12.7. The molecule has 3 rings (SSSR count). The van der Waals surface area contributed by atoms with Gasteiger partial charge in [-0.25, -0.2) is 4.79 Å². The van der Waals surface area contributed by atoms with E-state index in [0.717, 1.165) is 12.0 Å². The minimum atomic E-state index is -1.50. The van der Waals surface area contributed by atoms with E-state index in [1.807, 2.05) is 0 Å². The fourth-order valence-electron chi connectivity index (χ4n) is 2.94. The topological polar surface area (TPSA) is 93.1 Å². The second-order valence-electron chi connectivity index (χ2n) is 5.71. The van der Waals surface area contributed by atoms with Crippen LogP contribution < -0.4 is 4.74 Å². The van der Waals surface area contributed by atoms with Gasteiger partial charge in [0.15, 0.2) is 6.04 Å². The molecule has 0 aromatic heterocycles. The number of hydrogen-bond acceptors (Lipinski definition) is 6. The first-order valence-electron chi connectivity index (χ1n) is 7.86. The number of imide groups is 1. The molecule has 0 radical (unpaired) electrons. The van der Waals surface area contributed by atoms with E-state index < -0.39 is 29.9 Å². The largest absolute Gasteiger partial charge is 0.497 e. The van der Waals surface area contributed by atoms with Crippen LogP contribution in [-0.4, -0.2) is 48.1 Å². The lowest BCUT2D eigenvalue weighted by Gasteiger charge is -2.28. The van der Waals surface area contributed by atoms with Gasteiger partial charge in [-0.3, -0.25) is 14.5 Å². The molecule has 1 N–H and O–H groups in total. The number of hydrogen-bond donors (Lipinski definition) is 1. The van der Waals surface area contributed by atoms with Crippen LogP contribution in [0.15, 0.2) is 48.5 Å². The Balaban J connectivity index is 2.00. The molecule has 7 nitrogen and oxygen atoms in total. The number of carbonyl (C=O) groups excluding carboxylic acids is 3. The Kier molecular flexibility index (Phi) is 4.73. The van der Waals surface area contributed by atoms with Crippen molar-refractivity contribution in [3.63, 3.8) is 0 Å². The van der Waals surface area contributed by atoms with Crippen LogP contribution in [0.2, 0.25) is 0 Å². The summed E-state index contributed by atoms with van der Waals surface area (Å²) in [6.45, 7) is 0. The molecular formula is C19H17NO6. The zero-order valence-corrected chi connectivity index (χ0v) is 14.2. The van der Waals surface area contributed by atoms with Crippen LogP contribution >= 0.6 is 0 Å². The maximum atomic E-state index is 12.7. The van der Waals surface area contributed by atoms with E-state index in [0.29, 0.717) is 11.3 Å². The lowest BCUT2D eigenvalue weighted by Crippen LogP contribution is -2.49. The first-order chi connectivity index (χ1) is 12.5. The van der Waals surface area contributed by atoms with Gasteiger partial charge in [0.05, 0.1) is 25.3 Å². The quantitative estimate of drug-likeness (QED) is 0.646. The third-order valence-corrected chi connectivity index (χ3v) is 4.30. The van der Waals surface area contributed by atoms with Crippen molar-refractivity contribution in [2.75, 3.05) is 14.2 Å². The van der Waals surface area contributed by atoms with Gasteiger partial charge in [-0.2, -0.15) is 0 Å². The molecule has 2 aromatic rings. The first-order valence-corrected chi connectivity index (χ1v) is 7.86. The molecule has 0 fully saturated rings. The highest BCUT2D eigenvalue weighted by molar-refractivity contribution is 6.22. The van der Waals surface area contributed by atoms with Gasteiger partial charge in [0.1, 0.15) is 11.9 Å². The van der Waals surface area contributed by atoms with Crippen LogP contribution in [0.1, 0.15) is 32.4 Å². The zero-order valence-electron chi connectivity index (χ0n) is 14.2. The Hall–Kier alpha value is -3.19. The average Bonchev–Trinajstić information content (AvgIpc) is 2.93. The van der Waals surface area contributed by atoms with E-state index in [4.69, 9.17) is 9.47 Å². The molecule has 1 heterocycles. The second-order valence-corrected chi connectivity index (χ2v) is 5.71. The number of methoxy groups -OCH3 is 2. The van der Waals surface area contributed by atoms with Gasteiger partial charge >= 0.3 is 5.97 Å². The van der Waals surface area contributed by atoms with Crippen molar-refractivity contribution in [3.8, 4) is 5.75 Å². The molecule has 0 saturated heterocycles. The Morgan fingerprint density at radius 1 is 0.962 bits per heavy atom. The minimum Gasteiger partial charge on any atom is -0.497 e. The molecule has 0 aliphatic carbocycles. The Morgan fingerprint density at radius 2 is 1.50 bits per heavy atom. The van der Waals surface area contributed by atoms with E-state index in [9.17, 15) is 19.5 Å². The smallest absolute Gasteiger partial charge is 0.332 e. The summed E-state index contributed by atoms with van der Waals surface area (Å²) in [5.74, 6) is -1.61. The number of esters is 1. The van der Waals surface area contributed by atoms with Crippen LogP contribution in [0.25, 0.3) is 0 Å². The molecule has 1 aliphatic heterocycles. The molecule has 2 atom stereocenters. The van der Waals surface area contributed by atoms with Gasteiger partial charge < -0.3 is 14.6 Å². The number of aliphatic hydroxyl groups is 1. The molecule has 2 amide bonds. The third-order valence-electron chi connectivity index (χ3n) is 4.30. The van der Waals surface area contributed by atoms with Crippen LogP contribution in [0.3, 0.4) is 0 Å². The van der Waals surface area contributed by atoms with Gasteiger partial charge in [-0.1, -0.05) is 24.3 Å². The number of fused-ring (bicyclic) bond motifs is 1. The lowest BCUT2D eigenvalue weighted by molar-refractivity contribution is -0.149. The lowest BCUT2D eigenvalue weighted by atomic mass is 10.0. The molecule has 1 aliphatic rings. The molecule has 134 valence electrons. The van der Waals surface area contributed by atoms with Gasteiger partial charge in [-0.05, 0) is 29.8 Å². The van der Waals surface area contributed by atoms with Gasteiger partial charge in [0.2, 0.25) is 0 Å². The molecule has 0 unspecified atom stereocenters. The SMILES string of the molecule is COC(=O)[C@H]([C@H](O)c1ccc(OC)cc1)N1C(=O)c2ccccc2C1=O. The van der Waals surface area contributed by atoms with E-state index in [1.54, 1.807) is 36.4 Å². The molecule has 2 aromatic carbocycles. The van der Waals surface area contributed by atoms with Crippen molar-refractivity contribution in [1.29, 1.82) is 0 Å². The van der Waals surface area contributed by atoms with Gasteiger partial charge in [0.25, 0.3) is 11.8 Å². The number of carbonyl (C=O) groups is 3. The molecule has 0 saturated carbocycles. The van der Waals surface area contributed by atoms with E-state index in [-0.39, 0.29) is 11.1 Å². The summed E-state index contributed by atoms with van der Waals surface area (Å²) >= 11 is 0. The summed E-state index contributed by atoms with van der Waals surface area (Å²) in [6, 6.07) is 11.1. The van der Waals surface area contributed by atoms with E-state index in [2.05, 4.69) is 0 Å². The number of benzene rings is 2. The van der Waals surface area contributed by atoms with Crippen LogP contribution in [0.4, 0.5) is 0 Å². The Bertz CT molecular complexity index is 826. The standard InChI is InChI=1S/C19H17NO6/c1-25-12-9-7-11(8-10-12)16(21)15(19(24)26-2)20-17(22)13-5-3-4-6-14(13)18(20)23/h3-10,15-16,21H,1-2H3/t15-,16+/m0/s1.